The van der Waals surface area contributed by atoms with Crippen molar-refractivity contribution in [3.05, 3.63) is 64.1 Å². The van der Waals surface area contributed by atoms with Crippen LogP contribution in [0.25, 0.3) is 0 Å². The predicted molar refractivity (Wildman–Crippen MR) is 123 cm³/mol. The minimum absolute atomic E-state index is 0.0478. The Bertz CT molecular complexity index is 1130. The second-order valence-electron chi connectivity index (χ2n) is 8.74. The summed E-state index contributed by atoms with van der Waals surface area (Å²) < 4.78 is 67.8. The van der Waals surface area contributed by atoms with E-state index >= 15 is 0 Å². The third-order valence-electron chi connectivity index (χ3n) is 6.06. The van der Waals surface area contributed by atoms with E-state index in [4.69, 9.17) is 0 Å². The number of alkyl halides is 3. The second-order valence-corrected chi connectivity index (χ2v) is 11.5. The minimum atomic E-state index is -4.51. The summed E-state index contributed by atoms with van der Waals surface area (Å²) in [5.74, 6) is -2.40. The maximum absolute atomic E-state index is 13.4. The maximum atomic E-state index is 13.4. The fourth-order valence-corrected chi connectivity index (χ4v) is 5.87. The van der Waals surface area contributed by atoms with Gasteiger partial charge in [0.15, 0.2) is 0 Å². The van der Waals surface area contributed by atoms with E-state index in [1.54, 1.807) is 12.1 Å². The molecule has 0 saturated heterocycles. The van der Waals surface area contributed by atoms with Gasteiger partial charge in [-0.2, -0.15) is 17.5 Å². The fourth-order valence-electron chi connectivity index (χ4n) is 3.90. The molecule has 11 heteroatoms. The van der Waals surface area contributed by atoms with Gasteiger partial charge in [-0.05, 0) is 67.6 Å². The number of carboxylic acids is 1. The molecule has 2 aromatic carbocycles. The van der Waals surface area contributed by atoms with Crippen molar-refractivity contribution >= 4 is 31.9 Å². The van der Waals surface area contributed by atoms with Gasteiger partial charge in [0.1, 0.15) is 0 Å². The van der Waals surface area contributed by atoms with Crippen molar-refractivity contribution in [2.75, 3.05) is 6.54 Å². The molecular weight excluding hydrogens is 537 g/mol. The number of carboxylic acid groups (broad SMARTS) is 1. The fraction of sp³-hybridized carbons (Fsp3) is 0.435. The Morgan fingerprint density at radius 3 is 2.12 bits per heavy atom. The van der Waals surface area contributed by atoms with Crippen LogP contribution < -0.4 is 5.32 Å². The molecule has 2 aromatic rings. The first-order chi connectivity index (χ1) is 16.0. The molecule has 2 saturated carbocycles. The van der Waals surface area contributed by atoms with E-state index in [1.807, 2.05) is 0 Å². The van der Waals surface area contributed by atoms with Gasteiger partial charge < -0.3 is 10.4 Å². The molecule has 34 heavy (non-hydrogen) atoms. The summed E-state index contributed by atoms with van der Waals surface area (Å²) in [5, 5.41) is 13.3. The predicted octanol–water partition coefficient (Wildman–Crippen LogP) is 4.82. The molecule has 2 atom stereocenters. The average molecular weight is 561 g/mol. The summed E-state index contributed by atoms with van der Waals surface area (Å²) in [5.41, 5.74) is -0.449. The van der Waals surface area contributed by atoms with Crippen molar-refractivity contribution in [1.82, 2.24) is 9.62 Å². The summed E-state index contributed by atoms with van der Waals surface area (Å²) in [7, 11) is -3.97. The van der Waals surface area contributed by atoms with Gasteiger partial charge in [-0.25, -0.2) is 8.42 Å². The molecule has 0 radical (unpaired) electrons. The van der Waals surface area contributed by atoms with Crippen molar-refractivity contribution < 1.29 is 31.5 Å². The third kappa shape index (κ3) is 5.81. The Balaban J connectivity index is 1.66. The van der Waals surface area contributed by atoms with Crippen molar-refractivity contribution in [2.45, 2.75) is 54.9 Å². The van der Waals surface area contributed by atoms with Crippen LogP contribution in [0.5, 0.6) is 0 Å². The normalized spacial score (nSPS) is 18.6. The van der Waals surface area contributed by atoms with Gasteiger partial charge in [0.25, 0.3) is 0 Å². The SMILES string of the molecule is O=C(O)C(CN(C1CC1)S(=O)(=O)c1ccc(Br)cc1)C(NC1CC1)c1ccc(C(F)(F)F)cc1. The average Bonchev–Trinajstić information content (AvgIpc) is 3.68. The largest absolute Gasteiger partial charge is 0.481 e. The van der Waals surface area contributed by atoms with Crippen LogP contribution in [0.1, 0.15) is 42.9 Å². The number of rotatable bonds is 10. The smallest absolute Gasteiger partial charge is 0.416 e. The lowest BCUT2D eigenvalue weighted by atomic mass is 9.91. The number of hydrogen-bond acceptors (Lipinski definition) is 4. The van der Waals surface area contributed by atoms with Gasteiger partial charge in [-0.3, -0.25) is 4.79 Å². The van der Waals surface area contributed by atoms with Crippen molar-refractivity contribution in [3.8, 4) is 0 Å². The van der Waals surface area contributed by atoms with E-state index < -0.39 is 39.7 Å². The number of nitrogens with one attached hydrogen (secondary N) is 1. The highest BCUT2D eigenvalue weighted by molar-refractivity contribution is 9.10. The molecule has 0 aromatic heterocycles. The Hall–Kier alpha value is -1.95. The van der Waals surface area contributed by atoms with Crippen LogP contribution in [0.4, 0.5) is 13.2 Å². The number of hydrogen-bond donors (Lipinski definition) is 2. The molecule has 184 valence electrons. The van der Waals surface area contributed by atoms with Gasteiger partial charge >= 0.3 is 12.1 Å². The van der Waals surface area contributed by atoms with Crippen LogP contribution in [0.15, 0.2) is 57.9 Å². The number of aliphatic carboxylic acids is 1. The second kappa shape index (κ2) is 9.60. The molecule has 4 rings (SSSR count). The van der Waals surface area contributed by atoms with E-state index in [2.05, 4.69) is 21.2 Å². The van der Waals surface area contributed by atoms with Crippen LogP contribution in [-0.2, 0) is 21.0 Å². The summed E-state index contributed by atoms with van der Waals surface area (Å²) >= 11 is 3.28. The Morgan fingerprint density at radius 1 is 1.06 bits per heavy atom. The number of carbonyl (C=O) groups is 1. The molecule has 2 unspecified atom stereocenters. The molecule has 0 amide bonds. The molecule has 0 heterocycles. The van der Waals surface area contributed by atoms with Gasteiger partial charge in [-0.1, -0.05) is 28.1 Å². The van der Waals surface area contributed by atoms with E-state index in [0.717, 1.165) is 25.0 Å². The lowest BCUT2D eigenvalue weighted by Gasteiger charge is -2.31. The quantitative estimate of drug-likeness (QED) is 0.435. The topological polar surface area (TPSA) is 86.7 Å². The van der Waals surface area contributed by atoms with Crippen molar-refractivity contribution in [2.24, 2.45) is 5.92 Å². The molecule has 0 aliphatic heterocycles. The van der Waals surface area contributed by atoms with E-state index in [9.17, 15) is 31.5 Å². The zero-order chi connectivity index (χ0) is 24.7. The lowest BCUT2D eigenvalue weighted by Crippen LogP contribution is -2.44. The highest BCUT2D eigenvalue weighted by Gasteiger charge is 2.43. The number of halogens is 4. The zero-order valence-corrected chi connectivity index (χ0v) is 20.4. The Labute approximate surface area is 204 Å². The van der Waals surface area contributed by atoms with Gasteiger partial charge in [0, 0.05) is 29.1 Å². The first-order valence-electron chi connectivity index (χ1n) is 10.9. The molecule has 2 N–H and O–H groups in total. The number of sulfonamides is 1. The van der Waals surface area contributed by atoms with Crippen LogP contribution in [-0.4, -0.2) is 42.4 Å². The molecular formula is C23H24BrF3N2O4S. The lowest BCUT2D eigenvalue weighted by molar-refractivity contribution is -0.143. The van der Waals surface area contributed by atoms with Gasteiger partial charge in [-0.15, -0.1) is 0 Å². The molecule has 2 aliphatic carbocycles. The number of nitrogens with zero attached hydrogens (tertiary/aromatic N) is 1. The minimum Gasteiger partial charge on any atom is -0.481 e. The Morgan fingerprint density at radius 2 is 1.65 bits per heavy atom. The number of benzene rings is 2. The van der Waals surface area contributed by atoms with Crippen molar-refractivity contribution in [1.29, 1.82) is 0 Å². The van der Waals surface area contributed by atoms with Crippen LogP contribution in [0, 0.1) is 5.92 Å². The summed E-state index contributed by atoms with van der Waals surface area (Å²) in [4.78, 5) is 12.4. The standard InChI is InChI=1S/C23H24BrF3N2O4S/c24-16-5-11-19(12-6-16)34(32,33)29(18-9-10-18)13-20(22(30)31)21(28-17-7-8-17)14-1-3-15(4-2-14)23(25,26)27/h1-6,11-12,17-18,20-21,28H,7-10,13H2,(H,30,31). The molecule has 2 fully saturated rings. The van der Waals surface area contributed by atoms with E-state index in [-0.39, 0.29) is 23.5 Å². The van der Waals surface area contributed by atoms with Gasteiger partial charge in [0.05, 0.1) is 16.4 Å². The van der Waals surface area contributed by atoms with Crippen LogP contribution in [0.2, 0.25) is 0 Å². The Kier molecular flexibility index (Phi) is 7.10. The molecule has 2 aliphatic rings. The van der Waals surface area contributed by atoms with Crippen LogP contribution in [0.3, 0.4) is 0 Å². The summed E-state index contributed by atoms with van der Waals surface area (Å²) in [6, 6.07) is 9.41. The highest BCUT2D eigenvalue weighted by atomic mass is 79.9. The monoisotopic (exact) mass is 560 g/mol. The van der Waals surface area contributed by atoms with Crippen molar-refractivity contribution in [3.63, 3.8) is 0 Å². The maximum Gasteiger partial charge on any atom is 0.416 e. The van der Waals surface area contributed by atoms with Gasteiger partial charge in [0.2, 0.25) is 10.0 Å². The molecule has 0 spiro atoms. The highest BCUT2D eigenvalue weighted by Crippen LogP contribution is 2.37. The molecule has 0 bridgehead atoms. The molecule has 6 nitrogen and oxygen atoms in total. The van der Waals surface area contributed by atoms with E-state index in [0.29, 0.717) is 22.9 Å². The van der Waals surface area contributed by atoms with E-state index in [1.165, 1.54) is 28.6 Å². The first-order valence-corrected chi connectivity index (χ1v) is 13.1. The third-order valence-corrected chi connectivity index (χ3v) is 8.52. The zero-order valence-electron chi connectivity index (χ0n) is 18.0. The summed E-state index contributed by atoms with van der Waals surface area (Å²) in [6.07, 6.45) is -1.60. The van der Waals surface area contributed by atoms with Crippen LogP contribution >= 0.6 is 15.9 Å². The summed E-state index contributed by atoms with van der Waals surface area (Å²) in [6.45, 7) is -0.288. The first kappa shape index (κ1) is 25.2.